The third-order valence-electron chi connectivity index (χ3n) is 13.8. The molecule has 8 atom stereocenters. The first-order valence-electron chi connectivity index (χ1n) is 19.6. The molecule has 3 fully saturated rings. The molecule has 1 unspecified atom stereocenters. The minimum Gasteiger partial charge on any atom is -0.460 e. The fourth-order valence-corrected chi connectivity index (χ4v) is 15.3. The van der Waals surface area contributed by atoms with E-state index >= 15 is 0 Å². The predicted octanol–water partition coefficient (Wildman–Crippen LogP) is 8.67. The molecule has 3 aliphatic rings. The first-order valence-corrected chi connectivity index (χ1v) is 21.5. The SMILES string of the molecule is C=C[C@@]1(C)C[C@@H](OC(=O)CO[Si](c2ccccc2)(c2ccccc2)C(C)(C)C)[C@@]2(C)C3C(=O)CC[C@@]3(CC[C@H]2C)[C@@H](C)[C@@H]1OCOCc1ccccc1. The summed E-state index contributed by atoms with van der Waals surface area (Å²) in [6.07, 6.45) is 4.88. The van der Waals surface area contributed by atoms with Crippen LogP contribution in [0.25, 0.3) is 0 Å². The number of carbonyl (C=O) groups excluding carboxylic acids is 2. The van der Waals surface area contributed by atoms with Gasteiger partial charge in [0, 0.05) is 23.2 Å². The fourth-order valence-electron chi connectivity index (χ4n) is 10.8. The Morgan fingerprint density at radius 1 is 0.906 bits per heavy atom. The van der Waals surface area contributed by atoms with Crippen molar-refractivity contribution in [2.24, 2.45) is 34.0 Å². The number of Topliss-reactive ketones (excluding diaryl/α,β-unsaturated/α-hetero) is 1. The van der Waals surface area contributed by atoms with Crippen molar-refractivity contribution in [2.45, 2.75) is 104 Å². The molecule has 0 N–H and O–H groups in total. The Kier molecular flexibility index (Phi) is 11.4. The Hall–Kier alpha value is -3.36. The maximum absolute atomic E-state index is 14.4. The Morgan fingerprint density at radius 3 is 2.06 bits per heavy atom. The van der Waals surface area contributed by atoms with Crippen LogP contribution in [0.2, 0.25) is 5.04 Å². The molecule has 0 aromatic heterocycles. The van der Waals surface area contributed by atoms with Crippen LogP contribution in [0.5, 0.6) is 0 Å². The molecule has 0 saturated heterocycles. The molecule has 0 amide bonds. The summed E-state index contributed by atoms with van der Waals surface area (Å²) in [5.41, 5.74) is -0.325. The molecule has 3 saturated carbocycles. The summed E-state index contributed by atoms with van der Waals surface area (Å²) in [5, 5.41) is 1.92. The van der Waals surface area contributed by atoms with Crippen LogP contribution in [0, 0.1) is 34.0 Å². The van der Waals surface area contributed by atoms with Crippen LogP contribution in [0.1, 0.15) is 86.1 Å². The van der Waals surface area contributed by atoms with Gasteiger partial charge in [0.2, 0.25) is 0 Å². The second-order valence-corrected chi connectivity index (χ2v) is 21.9. The smallest absolute Gasteiger partial charge is 0.331 e. The molecule has 53 heavy (non-hydrogen) atoms. The summed E-state index contributed by atoms with van der Waals surface area (Å²) in [6.45, 7) is 20.3. The van der Waals surface area contributed by atoms with Crippen molar-refractivity contribution in [1.29, 1.82) is 0 Å². The maximum Gasteiger partial charge on any atom is 0.331 e. The molecular formula is C46H60O6Si. The largest absolute Gasteiger partial charge is 0.460 e. The molecule has 284 valence electrons. The highest BCUT2D eigenvalue weighted by molar-refractivity contribution is 6.99. The molecule has 3 aliphatic carbocycles. The average Bonchev–Trinajstić information content (AvgIpc) is 3.51. The monoisotopic (exact) mass is 736 g/mol. The summed E-state index contributed by atoms with van der Waals surface area (Å²) in [5.74, 6) is -0.122. The molecule has 6 rings (SSSR count). The second-order valence-electron chi connectivity index (χ2n) is 17.6. The lowest BCUT2D eigenvalue weighted by molar-refractivity contribution is -0.226. The summed E-state index contributed by atoms with van der Waals surface area (Å²) in [4.78, 5) is 28.6. The van der Waals surface area contributed by atoms with Crippen LogP contribution in [-0.4, -0.2) is 45.7 Å². The minimum atomic E-state index is -2.99. The maximum atomic E-state index is 14.4. The zero-order valence-corrected chi connectivity index (χ0v) is 33.9. The van der Waals surface area contributed by atoms with Gasteiger partial charge < -0.3 is 18.6 Å². The highest BCUT2D eigenvalue weighted by Gasteiger charge is 2.68. The van der Waals surface area contributed by atoms with Gasteiger partial charge in [0.15, 0.2) is 0 Å². The van der Waals surface area contributed by atoms with E-state index < -0.39 is 31.2 Å². The van der Waals surface area contributed by atoms with Crippen molar-refractivity contribution in [2.75, 3.05) is 13.4 Å². The summed E-state index contributed by atoms with van der Waals surface area (Å²) >= 11 is 0. The summed E-state index contributed by atoms with van der Waals surface area (Å²) in [6, 6.07) is 30.8. The van der Waals surface area contributed by atoms with Crippen molar-refractivity contribution in [3.63, 3.8) is 0 Å². The number of hydrogen-bond acceptors (Lipinski definition) is 6. The van der Waals surface area contributed by atoms with Crippen molar-refractivity contribution in [1.82, 2.24) is 0 Å². The van der Waals surface area contributed by atoms with Gasteiger partial charge in [-0.15, -0.1) is 6.58 Å². The molecule has 2 bridgehead atoms. The zero-order chi connectivity index (χ0) is 38.1. The lowest BCUT2D eigenvalue weighted by Crippen LogP contribution is -2.67. The van der Waals surface area contributed by atoms with Gasteiger partial charge >= 0.3 is 5.97 Å². The van der Waals surface area contributed by atoms with Crippen LogP contribution in [0.3, 0.4) is 0 Å². The van der Waals surface area contributed by atoms with E-state index in [4.69, 9.17) is 18.6 Å². The van der Waals surface area contributed by atoms with Gasteiger partial charge in [-0.3, -0.25) is 4.79 Å². The first-order chi connectivity index (χ1) is 25.2. The molecule has 0 radical (unpaired) electrons. The van der Waals surface area contributed by atoms with E-state index in [1.54, 1.807) is 0 Å². The molecule has 7 heteroatoms. The number of ketones is 1. The topological polar surface area (TPSA) is 71.1 Å². The Morgan fingerprint density at radius 2 is 1.49 bits per heavy atom. The van der Waals surface area contributed by atoms with E-state index in [1.807, 2.05) is 72.8 Å². The highest BCUT2D eigenvalue weighted by atomic mass is 28.4. The summed E-state index contributed by atoms with van der Waals surface area (Å²) in [7, 11) is -2.99. The standard InChI is InChI=1S/C46H60O6Si/c1-9-44(7)29-39(52-40(48)31-51-53(43(4,5)6,36-21-15-11-16-22-36)37-23-17-12-18-24-37)45(8)33(2)25-27-46(28-26-38(47)41(45)46)34(3)42(44)50-32-49-30-35-19-13-10-14-20-35/h9-24,33-34,39,41-42H,1,25-32H2,2-8H3/t33-,34+,39-,41?,42+,44+,45+,46+/m1/s1. The Labute approximate surface area is 318 Å². The van der Waals surface area contributed by atoms with Gasteiger partial charge in [-0.25, -0.2) is 4.79 Å². The van der Waals surface area contributed by atoms with Crippen LogP contribution in [0.15, 0.2) is 104 Å². The van der Waals surface area contributed by atoms with Crippen molar-refractivity contribution >= 4 is 30.4 Å². The van der Waals surface area contributed by atoms with Crippen LogP contribution < -0.4 is 10.4 Å². The van der Waals surface area contributed by atoms with Gasteiger partial charge in [0.1, 0.15) is 25.3 Å². The van der Waals surface area contributed by atoms with Gasteiger partial charge in [0.25, 0.3) is 8.32 Å². The first kappa shape index (κ1) is 39.3. The highest BCUT2D eigenvalue weighted by Crippen LogP contribution is 2.68. The number of esters is 1. The van der Waals surface area contributed by atoms with Crippen LogP contribution in [0.4, 0.5) is 0 Å². The van der Waals surface area contributed by atoms with Crippen LogP contribution in [-0.2, 0) is 34.8 Å². The second kappa shape index (κ2) is 15.4. The van der Waals surface area contributed by atoms with Crippen molar-refractivity contribution in [3.05, 3.63) is 109 Å². The van der Waals surface area contributed by atoms with Crippen molar-refractivity contribution < 1.29 is 28.2 Å². The predicted molar refractivity (Wildman–Crippen MR) is 213 cm³/mol. The van der Waals surface area contributed by atoms with Crippen LogP contribution >= 0.6 is 0 Å². The Bertz CT molecular complexity index is 1680. The third-order valence-corrected chi connectivity index (χ3v) is 18.8. The van der Waals surface area contributed by atoms with E-state index in [0.717, 1.165) is 35.2 Å². The van der Waals surface area contributed by atoms with Gasteiger partial charge in [-0.1, -0.05) is 146 Å². The molecule has 6 nitrogen and oxygen atoms in total. The lowest BCUT2D eigenvalue weighted by atomic mass is 9.44. The van der Waals surface area contributed by atoms with Crippen molar-refractivity contribution in [3.8, 4) is 0 Å². The number of ether oxygens (including phenoxy) is 3. The zero-order valence-electron chi connectivity index (χ0n) is 32.9. The van der Waals surface area contributed by atoms with E-state index in [9.17, 15) is 9.59 Å². The Balaban J connectivity index is 1.33. The third kappa shape index (κ3) is 7.03. The van der Waals surface area contributed by atoms with E-state index in [-0.39, 0.29) is 53.5 Å². The molecular weight excluding hydrogens is 677 g/mol. The number of hydrogen-bond donors (Lipinski definition) is 0. The van der Waals surface area contributed by atoms with E-state index in [1.165, 1.54) is 0 Å². The van der Waals surface area contributed by atoms with E-state index in [0.29, 0.717) is 19.4 Å². The number of carbonyl (C=O) groups is 2. The minimum absolute atomic E-state index is 0.0595. The molecule has 0 heterocycles. The molecule has 0 spiro atoms. The fraction of sp³-hybridized carbons (Fsp3) is 0.522. The molecule has 3 aromatic rings. The normalized spacial score (nSPS) is 31.6. The number of benzene rings is 3. The van der Waals surface area contributed by atoms with E-state index in [2.05, 4.69) is 79.3 Å². The van der Waals surface area contributed by atoms with Gasteiger partial charge in [-0.2, -0.15) is 0 Å². The quantitative estimate of drug-likeness (QED) is 0.0610. The summed E-state index contributed by atoms with van der Waals surface area (Å²) < 4.78 is 26.7. The molecule has 0 aliphatic heterocycles. The number of rotatable bonds is 12. The average molecular weight is 737 g/mol. The molecule has 3 aromatic carbocycles. The van der Waals surface area contributed by atoms with Gasteiger partial charge in [0.05, 0.1) is 12.7 Å². The lowest BCUT2D eigenvalue weighted by Gasteiger charge is -2.62. The van der Waals surface area contributed by atoms with Gasteiger partial charge in [-0.05, 0) is 63.9 Å².